The van der Waals surface area contributed by atoms with E-state index in [0.717, 1.165) is 25.7 Å². The Balaban J connectivity index is 2.52. The Morgan fingerprint density at radius 1 is 0.821 bits per heavy atom. The number of aliphatic carboxylic acids is 1. The molecule has 0 aliphatic rings. The van der Waals surface area contributed by atoms with E-state index in [4.69, 9.17) is 9.84 Å². The number of rotatable bonds is 16. The second-order valence-corrected chi connectivity index (χ2v) is 7.74. The number of carbonyl (C=O) groups is 2. The number of benzene rings is 1. The quantitative estimate of drug-likeness (QED) is 0.197. The van der Waals surface area contributed by atoms with Gasteiger partial charge in [-0.2, -0.15) is 0 Å². The molecular formula is C24H38O4. The van der Waals surface area contributed by atoms with Gasteiger partial charge in [-0.3, -0.25) is 9.59 Å². The normalized spacial score (nSPS) is 11.9. The van der Waals surface area contributed by atoms with Gasteiger partial charge < -0.3 is 9.84 Å². The molecule has 0 fully saturated rings. The zero-order valence-electron chi connectivity index (χ0n) is 17.8. The summed E-state index contributed by atoms with van der Waals surface area (Å²) in [5.74, 6) is -0.547. The lowest BCUT2D eigenvalue weighted by molar-refractivity contribution is -0.139. The summed E-state index contributed by atoms with van der Waals surface area (Å²) in [6.45, 7) is 4.41. The predicted octanol–water partition coefficient (Wildman–Crippen LogP) is 6.56. The van der Waals surface area contributed by atoms with E-state index in [1.807, 2.05) is 0 Å². The molecule has 0 amide bonds. The van der Waals surface area contributed by atoms with E-state index in [-0.39, 0.29) is 18.3 Å². The minimum atomic E-state index is -0.865. The lowest BCUT2D eigenvalue weighted by Gasteiger charge is -2.16. The van der Waals surface area contributed by atoms with E-state index in [1.54, 1.807) is 24.3 Å². The molecule has 1 unspecified atom stereocenters. The number of carbonyl (C=O) groups excluding carboxylic acids is 1. The maximum atomic E-state index is 12.7. The second-order valence-electron chi connectivity index (χ2n) is 7.74. The number of esters is 1. The number of carboxylic acids is 1. The number of carboxylic acid groups (broad SMARTS) is 1. The fourth-order valence-electron chi connectivity index (χ4n) is 3.42. The second kappa shape index (κ2) is 15.1. The highest BCUT2D eigenvalue weighted by atomic mass is 16.5. The first-order chi connectivity index (χ1) is 13.6. The Morgan fingerprint density at radius 3 is 1.86 bits per heavy atom. The van der Waals surface area contributed by atoms with Crippen LogP contribution in [-0.4, -0.2) is 17.0 Å². The van der Waals surface area contributed by atoms with Gasteiger partial charge in [0.2, 0.25) is 0 Å². The molecule has 0 bridgehead atoms. The van der Waals surface area contributed by atoms with Gasteiger partial charge in [-0.1, -0.05) is 90.2 Å². The SMILES string of the molecule is CCCCCCCCC(CCCCCC)C(=O)Oc1ccc(CC(=O)O)cc1. The molecule has 28 heavy (non-hydrogen) atoms. The minimum absolute atomic E-state index is 0.0215. The monoisotopic (exact) mass is 390 g/mol. The van der Waals surface area contributed by atoms with E-state index in [0.29, 0.717) is 11.3 Å². The lowest BCUT2D eigenvalue weighted by atomic mass is 9.94. The van der Waals surface area contributed by atoms with E-state index < -0.39 is 5.97 Å². The molecule has 4 nitrogen and oxygen atoms in total. The molecule has 1 atom stereocenters. The van der Waals surface area contributed by atoms with E-state index in [9.17, 15) is 9.59 Å². The van der Waals surface area contributed by atoms with Crippen LogP contribution in [0.3, 0.4) is 0 Å². The van der Waals surface area contributed by atoms with Crippen LogP contribution in [0.5, 0.6) is 5.75 Å². The molecule has 0 heterocycles. The molecule has 1 rings (SSSR count). The van der Waals surface area contributed by atoms with Gasteiger partial charge >= 0.3 is 11.9 Å². The van der Waals surface area contributed by atoms with Crippen molar-refractivity contribution in [3.05, 3.63) is 29.8 Å². The zero-order valence-corrected chi connectivity index (χ0v) is 17.8. The third kappa shape index (κ3) is 11.1. The van der Waals surface area contributed by atoms with Crippen molar-refractivity contribution in [3.63, 3.8) is 0 Å². The van der Waals surface area contributed by atoms with Crippen molar-refractivity contribution >= 4 is 11.9 Å². The molecule has 0 aliphatic carbocycles. The summed E-state index contributed by atoms with van der Waals surface area (Å²) >= 11 is 0. The Morgan fingerprint density at radius 2 is 1.32 bits per heavy atom. The summed E-state index contributed by atoms with van der Waals surface area (Å²) in [6.07, 6.45) is 13.7. The Bertz CT molecular complexity index is 550. The van der Waals surface area contributed by atoms with Gasteiger partial charge in [-0.25, -0.2) is 0 Å². The highest BCUT2D eigenvalue weighted by molar-refractivity contribution is 5.75. The molecule has 0 saturated carbocycles. The van der Waals surface area contributed by atoms with Crippen molar-refractivity contribution in [2.45, 2.75) is 97.3 Å². The predicted molar refractivity (Wildman–Crippen MR) is 114 cm³/mol. The van der Waals surface area contributed by atoms with Gasteiger partial charge in [0.1, 0.15) is 5.75 Å². The summed E-state index contributed by atoms with van der Waals surface area (Å²) in [6, 6.07) is 6.80. The van der Waals surface area contributed by atoms with Crippen molar-refractivity contribution in [2.24, 2.45) is 5.92 Å². The van der Waals surface area contributed by atoms with Crippen LogP contribution in [0.1, 0.15) is 96.5 Å². The number of unbranched alkanes of at least 4 members (excludes halogenated alkanes) is 8. The summed E-state index contributed by atoms with van der Waals surface area (Å²) < 4.78 is 5.60. The number of ether oxygens (including phenoxy) is 1. The average Bonchev–Trinajstić information content (AvgIpc) is 2.67. The van der Waals surface area contributed by atoms with Crippen LogP contribution in [0.4, 0.5) is 0 Å². The van der Waals surface area contributed by atoms with Crippen molar-refractivity contribution in [1.29, 1.82) is 0 Å². The third-order valence-electron chi connectivity index (χ3n) is 5.14. The maximum absolute atomic E-state index is 12.7. The van der Waals surface area contributed by atoms with Crippen LogP contribution in [0, 0.1) is 5.92 Å². The van der Waals surface area contributed by atoms with Crippen molar-refractivity contribution in [2.75, 3.05) is 0 Å². The van der Waals surface area contributed by atoms with E-state index >= 15 is 0 Å². The summed E-state index contributed by atoms with van der Waals surface area (Å²) in [7, 11) is 0. The Hall–Kier alpha value is -1.84. The Kier molecular flexibility index (Phi) is 13.1. The van der Waals surface area contributed by atoms with Crippen LogP contribution in [0.25, 0.3) is 0 Å². The third-order valence-corrected chi connectivity index (χ3v) is 5.14. The van der Waals surface area contributed by atoms with Crippen LogP contribution in [0.15, 0.2) is 24.3 Å². The van der Waals surface area contributed by atoms with E-state index in [1.165, 1.54) is 51.4 Å². The fraction of sp³-hybridized carbons (Fsp3) is 0.667. The fourth-order valence-corrected chi connectivity index (χ4v) is 3.42. The van der Waals surface area contributed by atoms with Crippen LogP contribution in [-0.2, 0) is 16.0 Å². The molecule has 158 valence electrons. The topological polar surface area (TPSA) is 63.6 Å². The molecule has 0 aromatic heterocycles. The molecular weight excluding hydrogens is 352 g/mol. The maximum Gasteiger partial charge on any atom is 0.314 e. The van der Waals surface area contributed by atoms with Crippen molar-refractivity contribution in [3.8, 4) is 5.75 Å². The van der Waals surface area contributed by atoms with Crippen LogP contribution < -0.4 is 4.74 Å². The highest BCUT2D eigenvalue weighted by Crippen LogP contribution is 2.22. The van der Waals surface area contributed by atoms with E-state index in [2.05, 4.69) is 13.8 Å². The first-order valence-corrected chi connectivity index (χ1v) is 11.1. The number of hydrogen-bond donors (Lipinski definition) is 1. The highest BCUT2D eigenvalue weighted by Gasteiger charge is 2.20. The molecule has 4 heteroatoms. The van der Waals surface area contributed by atoms with Crippen molar-refractivity contribution in [1.82, 2.24) is 0 Å². The van der Waals surface area contributed by atoms with Gasteiger partial charge in [0.15, 0.2) is 0 Å². The molecule has 0 aliphatic heterocycles. The molecule has 0 saturated heterocycles. The van der Waals surface area contributed by atoms with Gasteiger partial charge in [0, 0.05) is 0 Å². The van der Waals surface area contributed by atoms with Gasteiger partial charge in [0.05, 0.1) is 12.3 Å². The molecule has 0 spiro atoms. The molecule has 1 aromatic rings. The first-order valence-electron chi connectivity index (χ1n) is 11.1. The summed E-state index contributed by atoms with van der Waals surface area (Å²) in [5.41, 5.74) is 0.704. The Labute approximate surface area is 170 Å². The first kappa shape index (κ1) is 24.2. The van der Waals surface area contributed by atoms with Gasteiger partial charge in [0.25, 0.3) is 0 Å². The standard InChI is InChI=1S/C24H38O4/c1-3-5-7-9-10-12-14-21(13-11-8-6-4-2)24(27)28-22-17-15-20(16-18-22)19-23(25)26/h15-18,21H,3-14,19H2,1-2H3,(H,25,26). The smallest absolute Gasteiger partial charge is 0.314 e. The number of hydrogen-bond acceptors (Lipinski definition) is 3. The summed E-state index contributed by atoms with van der Waals surface area (Å²) in [4.78, 5) is 23.5. The average molecular weight is 391 g/mol. The largest absolute Gasteiger partial charge is 0.481 e. The molecule has 1 N–H and O–H groups in total. The molecule has 1 aromatic carbocycles. The molecule has 0 radical (unpaired) electrons. The van der Waals surface area contributed by atoms with Gasteiger partial charge in [-0.15, -0.1) is 0 Å². The van der Waals surface area contributed by atoms with Crippen LogP contribution in [0.2, 0.25) is 0 Å². The lowest BCUT2D eigenvalue weighted by Crippen LogP contribution is -2.21. The van der Waals surface area contributed by atoms with Crippen LogP contribution >= 0.6 is 0 Å². The van der Waals surface area contributed by atoms with Crippen molar-refractivity contribution < 1.29 is 19.4 Å². The summed E-state index contributed by atoms with van der Waals surface area (Å²) in [5, 5.41) is 8.84. The van der Waals surface area contributed by atoms with Gasteiger partial charge in [-0.05, 0) is 30.5 Å². The minimum Gasteiger partial charge on any atom is -0.481 e. The zero-order chi connectivity index (χ0) is 20.6.